The first-order valence-corrected chi connectivity index (χ1v) is 10.7. The second-order valence-corrected chi connectivity index (χ2v) is 7.14. The Morgan fingerprint density at radius 2 is 1.19 bits per heavy atom. The SMILES string of the molecule is CCCCCCCCCOC(=O)C(=CC(=O)O)CCCCCCCCC. The molecular formula is C22H40O4. The summed E-state index contributed by atoms with van der Waals surface area (Å²) >= 11 is 0. The molecule has 0 aliphatic carbocycles. The van der Waals surface area contributed by atoms with Crippen LogP contribution in [0.5, 0.6) is 0 Å². The molecule has 0 saturated heterocycles. The van der Waals surface area contributed by atoms with E-state index in [9.17, 15) is 9.59 Å². The molecule has 26 heavy (non-hydrogen) atoms. The van der Waals surface area contributed by atoms with Crippen LogP contribution in [-0.2, 0) is 14.3 Å². The van der Waals surface area contributed by atoms with Crippen molar-refractivity contribution >= 4 is 11.9 Å². The Morgan fingerprint density at radius 1 is 0.731 bits per heavy atom. The average Bonchev–Trinajstić information content (AvgIpc) is 2.61. The molecule has 0 bridgehead atoms. The molecule has 0 aliphatic heterocycles. The van der Waals surface area contributed by atoms with E-state index in [1.165, 1.54) is 57.8 Å². The maximum absolute atomic E-state index is 12.1. The molecule has 0 aromatic heterocycles. The van der Waals surface area contributed by atoms with Crippen molar-refractivity contribution in [1.29, 1.82) is 0 Å². The zero-order valence-corrected chi connectivity index (χ0v) is 17.1. The molecular weight excluding hydrogens is 328 g/mol. The van der Waals surface area contributed by atoms with Crippen molar-refractivity contribution in [3.05, 3.63) is 11.6 Å². The highest BCUT2D eigenvalue weighted by Gasteiger charge is 2.12. The van der Waals surface area contributed by atoms with E-state index in [2.05, 4.69) is 13.8 Å². The second-order valence-electron chi connectivity index (χ2n) is 7.14. The number of aliphatic carboxylic acids is 1. The molecule has 0 saturated carbocycles. The molecule has 4 nitrogen and oxygen atoms in total. The van der Waals surface area contributed by atoms with E-state index >= 15 is 0 Å². The highest BCUT2D eigenvalue weighted by molar-refractivity contribution is 5.95. The van der Waals surface area contributed by atoms with Crippen LogP contribution >= 0.6 is 0 Å². The van der Waals surface area contributed by atoms with Crippen molar-refractivity contribution < 1.29 is 19.4 Å². The lowest BCUT2D eigenvalue weighted by atomic mass is 10.0. The molecule has 0 amide bonds. The zero-order valence-electron chi connectivity index (χ0n) is 17.1. The Kier molecular flexibility index (Phi) is 17.5. The van der Waals surface area contributed by atoms with Crippen molar-refractivity contribution in [2.24, 2.45) is 0 Å². The van der Waals surface area contributed by atoms with Crippen LogP contribution < -0.4 is 0 Å². The highest BCUT2D eigenvalue weighted by atomic mass is 16.5. The molecule has 0 aromatic rings. The lowest BCUT2D eigenvalue weighted by Gasteiger charge is -2.08. The largest absolute Gasteiger partial charge is 0.478 e. The first kappa shape index (κ1) is 24.7. The molecule has 152 valence electrons. The lowest BCUT2D eigenvalue weighted by Crippen LogP contribution is -2.11. The average molecular weight is 369 g/mol. The Balaban J connectivity index is 3.92. The summed E-state index contributed by atoms with van der Waals surface area (Å²) in [7, 11) is 0. The van der Waals surface area contributed by atoms with Gasteiger partial charge in [-0.05, 0) is 19.3 Å². The number of esters is 1. The Labute approximate surface area is 160 Å². The van der Waals surface area contributed by atoms with Gasteiger partial charge in [0.25, 0.3) is 0 Å². The van der Waals surface area contributed by atoms with Crippen LogP contribution in [0.25, 0.3) is 0 Å². The van der Waals surface area contributed by atoms with Crippen LogP contribution in [0.15, 0.2) is 11.6 Å². The van der Waals surface area contributed by atoms with Crippen LogP contribution in [0.3, 0.4) is 0 Å². The molecule has 0 spiro atoms. The summed E-state index contributed by atoms with van der Waals surface area (Å²) in [5, 5.41) is 8.96. The Morgan fingerprint density at radius 3 is 1.69 bits per heavy atom. The van der Waals surface area contributed by atoms with Crippen molar-refractivity contribution in [2.45, 2.75) is 110 Å². The van der Waals surface area contributed by atoms with Gasteiger partial charge >= 0.3 is 11.9 Å². The lowest BCUT2D eigenvalue weighted by molar-refractivity contribution is -0.140. The summed E-state index contributed by atoms with van der Waals surface area (Å²) in [6.07, 6.45) is 17.7. The number of ether oxygens (including phenoxy) is 1. The third-order valence-corrected chi connectivity index (χ3v) is 4.59. The first-order chi connectivity index (χ1) is 12.6. The summed E-state index contributed by atoms with van der Waals surface area (Å²) in [6.45, 7) is 4.79. The van der Waals surface area contributed by atoms with Crippen molar-refractivity contribution in [3.8, 4) is 0 Å². The third-order valence-electron chi connectivity index (χ3n) is 4.59. The third kappa shape index (κ3) is 16.2. The van der Waals surface area contributed by atoms with Gasteiger partial charge in [-0.1, -0.05) is 90.9 Å². The monoisotopic (exact) mass is 368 g/mol. The minimum Gasteiger partial charge on any atom is -0.478 e. The number of carbonyl (C=O) groups is 2. The number of carboxylic acids is 1. The van der Waals surface area contributed by atoms with Crippen LogP contribution in [0.1, 0.15) is 110 Å². The van der Waals surface area contributed by atoms with Gasteiger partial charge in [0, 0.05) is 11.6 Å². The molecule has 0 aromatic carbocycles. The standard InChI is InChI=1S/C22H40O4/c1-3-5-7-9-11-13-15-17-20(19-21(23)24)22(25)26-18-16-14-12-10-8-6-4-2/h19H,3-18H2,1-2H3,(H,23,24). The van der Waals surface area contributed by atoms with Gasteiger partial charge in [0.15, 0.2) is 0 Å². The summed E-state index contributed by atoms with van der Waals surface area (Å²) in [6, 6.07) is 0. The topological polar surface area (TPSA) is 63.6 Å². The number of unbranched alkanes of at least 4 members (excludes halogenated alkanes) is 12. The van der Waals surface area contributed by atoms with E-state index in [0.29, 0.717) is 18.6 Å². The van der Waals surface area contributed by atoms with Crippen LogP contribution in [0.2, 0.25) is 0 Å². The normalized spacial score (nSPS) is 11.5. The second kappa shape index (κ2) is 18.5. The van der Waals surface area contributed by atoms with E-state index in [1.807, 2.05) is 0 Å². The minimum absolute atomic E-state index is 0.300. The fourth-order valence-corrected chi connectivity index (χ4v) is 2.97. The molecule has 0 atom stereocenters. The van der Waals surface area contributed by atoms with Crippen molar-refractivity contribution in [1.82, 2.24) is 0 Å². The molecule has 0 fully saturated rings. The molecule has 0 rings (SSSR count). The van der Waals surface area contributed by atoms with E-state index in [0.717, 1.165) is 38.2 Å². The van der Waals surface area contributed by atoms with Gasteiger partial charge in [0.2, 0.25) is 0 Å². The van der Waals surface area contributed by atoms with Crippen LogP contribution in [0, 0.1) is 0 Å². The van der Waals surface area contributed by atoms with Gasteiger partial charge in [0.05, 0.1) is 6.61 Å². The Bertz CT molecular complexity index is 388. The van der Waals surface area contributed by atoms with Crippen LogP contribution in [0.4, 0.5) is 0 Å². The van der Waals surface area contributed by atoms with Gasteiger partial charge < -0.3 is 9.84 Å². The van der Waals surface area contributed by atoms with Gasteiger partial charge in [0.1, 0.15) is 0 Å². The predicted molar refractivity (Wildman–Crippen MR) is 107 cm³/mol. The summed E-state index contributed by atoms with van der Waals surface area (Å²) in [5.74, 6) is -1.53. The predicted octanol–water partition coefficient (Wildman–Crippen LogP) is 6.43. The van der Waals surface area contributed by atoms with E-state index in [4.69, 9.17) is 9.84 Å². The molecule has 1 N–H and O–H groups in total. The Hall–Kier alpha value is -1.32. The van der Waals surface area contributed by atoms with Crippen LogP contribution in [-0.4, -0.2) is 23.7 Å². The molecule has 4 heteroatoms. The molecule has 0 aliphatic rings. The number of carboxylic acid groups (broad SMARTS) is 1. The number of rotatable bonds is 18. The van der Waals surface area contributed by atoms with Gasteiger partial charge in [-0.2, -0.15) is 0 Å². The van der Waals surface area contributed by atoms with E-state index in [1.54, 1.807) is 0 Å². The fraction of sp³-hybridized carbons (Fsp3) is 0.818. The minimum atomic E-state index is -1.07. The van der Waals surface area contributed by atoms with E-state index in [-0.39, 0.29) is 0 Å². The summed E-state index contributed by atoms with van der Waals surface area (Å²) in [5.41, 5.74) is 0.300. The first-order valence-electron chi connectivity index (χ1n) is 10.7. The summed E-state index contributed by atoms with van der Waals surface area (Å²) < 4.78 is 5.27. The molecule has 0 unspecified atom stereocenters. The van der Waals surface area contributed by atoms with Crippen molar-refractivity contribution in [2.75, 3.05) is 6.61 Å². The maximum Gasteiger partial charge on any atom is 0.334 e. The number of hydrogen-bond acceptors (Lipinski definition) is 3. The molecule has 0 radical (unpaired) electrons. The van der Waals surface area contributed by atoms with E-state index < -0.39 is 11.9 Å². The number of carbonyl (C=O) groups excluding carboxylic acids is 1. The van der Waals surface area contributed by atoms with Gasteiger partial charge in [-0.15, -0.1) is 0 Å². The summed E-state index contributed by atoms with van der Waals surface area (Å²) in [4.78, 5) is 23.0. The number of hydrogen-bond donors (Lipinski definition) is 1. The fourth-order valence-electron chi connectivity index (χ4n) is 2.97. The maximum atomic E-state index is 12.1. The molecule has 0 heterocycles. The van der Waals surface area contributed by atoms with Crippen molar-refractivity contribution in [3.63, 3.8) is 0 Å². The zero-order chi connectivity index (χ0) is 19.5. The van der Waals surface area contributed by atoms with Gasteiger partial charge in [-0.3, -0.25) is 0 Å². The highest BCUT2D eigenvalue weighted by Crippen LogP contribution is 2.14. The van der Waals surface area contributed by atoms with Gasteiger partial charge in [-0.25, -0.2) is 9.59 Å². The smallest absolute Gasteiger partial charge is 0.334 e. The quantitative estimate of drug-likeness (QED) is 0.172.